The summed E-state index contributed by atoms with van der Waals surface area (Å²) in [6, 6.07) is 6.42. The molecule has 0 bridgehead atoms. The Bertz CT molecular complexity index is 765. The Morgan fingerprint density at radius 3 is 2.10 bits per heavy atom. The van der Waals surface area contributed by atoms with Crippen LogP contribution in [0.15, 0.2) is 24.3 Å². The van der Waals surface area contributed by atoms with Crippen LogP contribution in [0.2, 0.25) is 0 Å². The summed E-state index contributed by atoms with van der Waals surface area (Å²) >= 11 is -1.27. The van der Waals surface area contributed by atoms with Gasteiger partial charge in [0.2, 0.25) is 3.57 Å². The molecule has 0 saturated heterocycles. The van der Waals surface area contributed by atoms with Crippen LogP contribution in [0.3, 0.4) is 0 Å². The number of hydrogen-bond acceptors (Lipinski definition) is 6. The molecule has 1 aromatic rings. The van der Waals surface area contributed by atoms with Gasteiger partial charge in [-0.25, -0.2) is 14.4 Å². The molecule has 0 aliphatic carbocycles. The summed E-state index contributed by atoms with van der Waals surface area (Å²) in [6.07, 6.45) is 0. The van der Waals surface area contributed by atoms with Gasteiger partial charge in [0.05, 0.1) is 13.2 Å². The average Bonchev–Trinajstić information content (AvgIpc) is 2.63. The normalized spacial score (nSPS) is 10.0. The summed E-state index contributed by atoms with van der Waals surface area (Å²) in [5, 5.41) is 0. The molecule has 0 heterocycles. The third-order valence-electron chi connectivity index (χ3n) is 2.44. The topological polar surface area (TPSA) is 115 Å². The zero-order chi connectivity index (χ0) is 22.4. The van der Waals surface area contributed by atoms with Crippen LogP contribution in [-0.2, 0) is 23.8 Å². The van der Waals surface area contributed by atoms with E-state index in [1.54, 1.807) is 32.0 Å². The zero-order valence-corrected chi connectivity index (χ0v) is 17.4. The smallest absolute Gasteiger partial charge is 0.463 e. The van der Waals surface area contributed by atoms with Crippen molar-refractivity contribution in [1.29, 1.82) is 0 Å². The van der Waals surface area contributed by atoms with Gasteiger partial charge in [0.15, 0.2) is 6.61 Å². The first-order valence-corrected chi connectivity index (χ1v) is 10.0. The highest BCUT2D eigenvalue weighted by Gasteiger charge is 2.42. The summed E-state index contributed by atoms with van der Waals surface area (Å²) in [5.41, 5.74) is 9.18. The fourth-order valence-electron chi connectivity index (χ4n) is 1.50. The summed E-state index contributed by atoms with van der Waals surface area (Å²) in [4.78, 5) is 38.0. The van der Waals surface area contributed by atoms with Crippen LogP contribution < -0.4 is 21.2 Å². The van der Waals surface area contributed by atoms with Crippen molar-refractivity contribution in [2.45, 2.75) is 13.8 Å². The second kappa shape index (κ2) is 13.7. The maximum atomic E-state index is 12.1. The minimum Gasteiger partial charge on any atom is -0.463 e. The monoisotopic (exact) mass is 534 g/mol. The van der Waals surface area contributed by atoms with Gasteiger partial charge in [0.1, 0.15) is 5.56 Å². The van der Waals surface area contributed by atoms with E-state index in [2.05, 4.69) is 9.53 Å². The van der Waals surface area contributed by atoms with Crippen molar-refractivity contribution in [3.05, 3.63) is 38.9 Å². The summed E-state index contributed by atoms with van der Waals surface area (Å²) in [7, 11) is -6.00. The maximum absolute atomic E-state index is 12.1. The van der Waals surface area contributed by atoms with Crippen molar-refractivity contribution in [1.82, 2.24) is 0 Å². The molecular weight excluding hydrogens is 518 g/mol. The molecule has 0 aromatic heterocycles. The van der Waals surface area contributed by atoms with E-state index < -0.39 is 53.0 Å². The largest absolute Gasteiger partial charge is 0.673 e. The number of nitrogens with zero attached hydrogens (tertiary/aromatic N) is 2. The molecule has 0 spiro atoms. The van der Waals surface area contributed by atoms with Gasteiger partial charge in [-0.3, -0.25) is 0 Å². The highest BCUT2D eigenvalue weighted by Crippen LogP contribution is 2.06. The quantitative estimate of drug-likeness (QED) is 0.0629. The highest BCUT2D eigenvalue weighted by molar-refractivity contribution is 6.50. The number of rotatable bonds is 8. The summed E-state index contributed by atoms with van der Waals surface area (Å²) in [5.74, 6) is -2.11. The molecule has 0 fully saturated rings. The van der Waals surface area contributed by atoms with Crippen molar-refractivity contribution >= 4 is 28.9 Å². The molecule has 0 aliphatic rings. The van der Waals surface area contributed by atoms with E-state index in [1.807, 2.05) is 0 Å². The number of halogens is 5. The van der Waals surface area contributed by atoms with Crippen molar-refractivity contribution in [3.8, 4) is 0 Å². The molecule has 0 amide bonds. The van der Waals surface area contributed by atoms with Crippen LogP contribution in [0.25, 0.3) is 5.53 Å². The lowest BCUT2D eigenvalue weighted by atomic mass is 10.2. The van der Waals surface area contributed by atoms with Crippen LogP contribution >= 0.6 is 0 Å². The van der Waals surface area contributed by atoms with Gasteiger partial charge < -0.3 is 37.0 Å². The molecule has 160 valence electrons. The number of hydrogen-bond donors (Lipinski definition) is 0. The molecule has 0 aliphatic heterocycles. The van der Waals surface area contributed by atoms with E-state index in [0.717, 1.165) is 0 Å². The molecule has 14 heteroatoms. The Morgan fingerprint density at radius 2 is 1.59 bits per heavy atom. The third kappa shape index (κ3) is 12.6. The van der Waals surface area contributed by atoms with E-state index in [0.29, 0.717) is 3.57 Å². The van der Waals surface area contributed by atoms with Crippen molar-refractivity contribution < 1.29 is 71.9 Å². The van der Waals surface area contributed by atoms with Crippen LogP contribution in [0.4, 0.5) is 17.3 Å². The molecule has 0 radical (unpaired) electrons. The lowest BCUT2D eigenvalue weighted by molar-refractivity contribution is -0.527. The van der Waals surface area contributed by atoms with E-state index in [9.17, 15) is 31.6 Å². The van der Waals surface area contributed by atoms with Gasteiger partial charge >= 0.3 is 50.1 Å². The van der Waals surface area contributed by atoms with Gasteiger partial charge in [0.25, 0.3) is 0 Å². The van der Waals surface area contributed by atoms with Gasteiger partial charge in [-0.15, -0.1) is 4.79 Å². The first-order valence-electron chi connectivity index (χ1n) is 7.86. The Morgan fingerprint density at radius 1 is 1.03 bits per heavy atom. The number of carbonyl (C=O) groups is 3. The number of benzene rings is 1. The predicted octanol–water partition coefficient (Wildman–Crippen LogP) is -0.844. The Kier molecular flexibility index (Phi) is 12.5. The minimum absolute atomic E-state index is 0.138. The first-order chi connectivity index (χ1) is 13.5. The van der Waals surface area contributed by atoms with Gasteiger partial charge in [-0.05, 0) is 26.0 Å². The lowest BCUT2D eigenvalue weighted by Crippen LogP contribution is -3.65. The minimum atomic E-state index is -6.00. The van der Waals surface area contributed by atoms with Gasteiger partial charge in [-0.1, -0.05) is 12.1 Å². The van der Waals surface area contributed by atoms with Gasteiger partial charge in [0, 0.05) is 0 Å². The van der Waals surface area contributed by atoms with E-state index in [4.69, 9.17) is 15.0 Å². The Labute approximate surface area is 173 Å². The molecular formula is C15H16BF4IN2O6. The zero-order valence-electron chi connectivity index (χ0n) is 15.2. The molecule has 0 N–H and O–H groups in total. The van der Waals surface area contributed by atoms with Crippen LogP contribution in [-0.4, -0.2) is 53.5 Å². The lowest BCUT2D eigenvalue weighted by Gasteiger charge is -2.04. The summed E-state index contributed by atoms with van der Waals surface area (Å²) < 4.78 is 53.7. The summed E-state index contributed by atoms with van der Waals surface area (Å²) in [6.45, 7) is 3.10. The van der Waals surface area contributed by atoms with Crippen LogP contribution in [0.1, 0.15) is 24.2 Å². The first kappa shape index (κ1) is 26.5. The Hall–Kier alpha value is -2.48. The predicted molar refractivity (Wildman–Crippen MR) is 87.5 cm³/mol. The molecule has 1 rings (SSSR count). The average molecular weight is 534 g/mol. The SMILES string of the molecule is CCOC(=O)COC(=O)c1ccccc1[I+]C(=[N+]=[N-])C(=O)OCC.F[B-](F)(F)F. The molecule has 0 atom stereocenters. The molecule has 8 nitrogen and oxygen atoms in total. The maximum Gasteiger partial charge on any atom is 0.673 e. The number of esters is 3. The Balaban J connectivity index is 0.00000139. The molecule has 29 heavy (non-hydrogen) atoms. The van der Waals surface area contributed by atoms with Crippen molar-refractivity contribution in [2.75, 3.05) is 19.8 Å². The van der Waals surface area contributed by atoms with E-state index >= 15 is 0 Å². The highest BCUT2D eigenvalue weighted by atomic mass is 127. The van der Waals surface area contributed by atoms with Gasteiger partial charge in [-0.2, -0.15) is 0 Å². The molecule has 0 saturated carbocycles. The second-order valence-electron chi connectivity index (χ2n) is 4.56. The van der Waals surface area contributed by atoms with Crippen molar-refractivity contribution in [3.63, 3.8) is 0 Å². The van der Waals surface area contributed by atoms with Crippen LogP contribution in [0.5, 0.6) is 0 Å². The third-order valence-corrected chi connectivity index (χ3v) is 5.13. The van der Waals surface area contributed by atoms with E-state index in [1.165, 1.54) is 6.07 Å². The van der Waals surface area contributed by atoms with Crippen LogP contribution in [0, 0.1) is 3.57 Å². The van der Waals surface area contributed by atoms with Crippen molar-refractivity contribution in [2.24, 2.45) is 0 Å². The fraction of sp³-hybridized carbons (Fsp3) is 0.333. The fourth-order valence-corrected chi connectivity index (χ4v) is 3.61. The second-order valence-corrected chi connectivity index (χ2v) is 7.29. The standard InChI is InChI=1S/C15H16IN2O6.BF4/c1-3-22-12(19)9-24-14(20)10-7-5-6-8-11(10)16-13(18-17)15(21)23-4-2;2-1(3,4)5/h5-8H,3-4,9H2,1-2H3;/q+1;-1. The number of ether oxygens (including phenoxy) is 3. The molecule has 0 unspecified atom stereocenters. The van der Waals surface area contributed by atoms with E-state index in [-0.39, 0.29) is 22.5 Å². The number of carbonyl (C=O) groups excluding carboxylic acids is 3. The molecule has 1 aromatic carbocycles.